The number of imide groups is 1. The van der Waals surface area contributed by atoms with Gasteiger partial charge in [-0.2, -0.15) is 0 Å². The number of hydrogen-bond donors (Lipinski definition) is 0. The first-order valence-electron chi connectivity index (χ1n) is 9.04. The first-order chi connectivity index (χ1) is 12.5. The van der Waals surface area contributed by atoms with Crippen molar-refractivity contribution in [1.82, 2.24) is 4.90 Å². The highest BCUT2D eigenvalue weighted by molar-refractivity contribution is 6.30. The molecule has 2 bridgehead atoms. The van der Waals surface area contributed by atoms with Crippen LogP contribution in [0.1, 0.15) is 13.3 Å². The molecule has 4 aliphatic carbocycles. The van der Waals surface area contributed by atoms with Crippen molar-refractivity contribution in [2.24, 2.45) is 35.5 Å². The Morgan fingerprint density at radius 3 is 2.12 bits per heavy atom. The number of nitrogens with zero attached hydrogens (tertiary/aromatic N) is 2. The Morgan fingerprint density at radius 1 is 1.08 bits per heavy atom. The summed E-state index contributed by atoms with van der Waals surface area (Å²) in [6.07, 6.45) is 5.44. The van der Waals surface area contributed by atoms with E-state index in [0.29, 0.717) is 22.5 Å². The van der Waals surface area contributed by atoms with Crippen LogP contribution < -0.4 is 4.90 Å². The molecule has 0 aromatic heterocycles. The molecule has 2 saturated carbocycles. The molecule has 1 heterocycles. The Hall–Kier alpha value is -2.14. The molecule has 26 heavy (non-hydrogen) atoms. The summed E-state index contributed by atoms with van der Waals surface area (Å²) < 4.78 is 0. The minimum atomic E-state index is -0.236. The second-order valence-corrected chi connectivity index (χ2v) is 8.26. The minimum Gasteiger partial charge on any atom is -0.294 e. The number of rotatable bonds is 3. The van der Waals surface area contributed by atoms with Gasteiger partial charge in [0.1, 0.15) is 6.67 Å². The van der Waals surface area contributed by atoms with Gasteiger partial charge in [-0.3, -0.25) is 24.2 Å². The van der Waals surface area contributed by atoms with E-state index in [1.807, 2.05) is 0 Å². The van der Waals surface area contributed by atoms with Crippen molar-refractivity contribution in [2.45, 2.75) is 13.3 Å². The van der Waals surface area contributed by atoms with Gasteiger partial charge in [-0.25, -0.2) is 0 Å². The van der Waals surface area contributed by atoms with Crippen LogP contribution >= 0.6 is 11.6 Å². The van der Waals surface area contributed by atoms with Crippen molar-refractivity contribution in [3.8, 4) is 0 Å². The van der Waals surface area contributed by atoms with E-state index in [0.717, 1.165) is 6.42 Å². The number of amides is 3. The summed E-state index contributed by atoms with van der Waals surface area (Å²) in [6.45, 7) is 1.41. The Kier molecular flexibility index (Phi) is 3.35. The average Bonchev–Trinajstić information content (AvgIpc) is 3.40. The van der Waals surface area contributed by atoms with Gasteiger partial charge in [0.05, 0.1) is 11.8 Å². The SMILES string of the molecule is CC(=O)N(CN1C(=O)[C@@H]2[C@H]3C=C[C@@H]([C@@H]4C[C@H]34)[C@H]2C1=O)c1ccc(Cl)cc1. The number of halogens is 1. The Labute approximate surface area is 156 Å². The van der Waals surface area contributed by atoms with Crippen molar-refractivity contribution in [3.05, 3.63) is 41.4 Å². The van der Waals surface area contributed by atoms with Crippen LogP contribution in [0.15, 0.2) is 36.4 Å². The standard InChI is InChI=1S/C20H19ClN2O3/c1-10(24)22(12-4-2-11(21)3-5-12)9-23-19(25)17-13-6-7-14(16-8-15(13)16)18(17)20(23)26/h2-7,13-18H,8-9H2,1H3/t13-,14-,15-,16+,17+,18+/m0/s1. The highest BCUT2D eigenvalue weighted by Gasteiger charge is 2.67. The summed E-state index contributed by atoms with van der Waals surface area (Å²) >= 11 is 5.92. The van der Waals surface area contributed by atoms with Gasteiger partial charge in [-0.05, 0) is 54.4 Å². The largest absolute Gasteiger partial charge is 0.294 e. The maximum absolute atomic E-state index is 13.1. The number of carbonyl (C=O) groups excluding carboxylic acids is 3. The van der Waals surface area contributed by atoms with E-state index in [9.17, 15) is 14.4 Å². The number of anilines is 1. The van der Waals surface area contributed by atoms with Gasteiger partial charge in [0, 0.05) is 17.6 Å². The first kappa shape index (κ1) is 16.1. The molecule has 0 radical (unpaired) electrons. The second-order valence-electron chi connectivity index (χ2n) is 7.82. The predicted octanol–water partition coefficient (Wildman–Crippen LogP) is 2.70. The molecule has 3 amide bonds. The molecule has 0 N–H and O–H groups in total. The van der Waals surface area contributed by atoms with Crippen LogP contribution in [0.25, 0.3) is 0 Å². The normalized spacial score (nSPS) is 36.2. The molecule has 3 fully saturated rings. The zero-order valence-corrected chi connectivity index (χ0v) is 15.1. The molecule has 6 heteroatoms. The molecule has 1 aromatic carbocycles. The minimum absolute atomic E-state index is 0.0313. The van der Waals surface area contributed by atoms with E-state index in [4.69, 9.17) is 11.6 Å². The third-order valence-corrected chi connectivity index (χ3v) is 6.81. The van der Waals surface area contributed by atoms with E-state index in [1.54, 1.807) is 24.3 Å². The number of benzene rings is 1. The second kappa shape index (κ2) is 5.43. The van der Waals surface area contributed by atoms with E-state index in [-0.39, 0.29) is 48.1 Å². The number of allylic oxidation sites excluding steroid dienone is 2. The molecule has 1 aliphatic heterocycles. The van der Waals surface area contributed by atoms with Gasteiger partial charge in [-0.15, -0.1) is 0 Å². The molecular formula is C20H19ClN2O3. The molecule has 1 saturated heterocycles. The molecule has 5 nitrogen and oxygen atoms in total. The van der Waals surface area contributed by atoms with Crippen LogP contribution in [0, 0.1) is 35.5 Å². The highest BCUT2D eigenvalue weighted by Crippen LogP contribution is 2.65. The van der Waals surface area contributed by atoms with Gasteiger partial charge in [0.25, 0.3) is 0 Å². The van der Waals surface area contributed by atoms with Crippen molar-refractivity contribution in [1.29, 1.82) is 0 Å². The van der Waals surface area contributed by atoms with E-state index in [2.05, 4.69) is 12.2 Å². The lowest BCUT2D eigenvalue weighted by molar-refractivity contribution is -0.140. The number of carbonyl (C=O) groups is 3. The van der Waals surface area contributed by atoms with Crippen LogP contribution in [0.5, 0.6) is 0 Å². The summed E-state index contributed by atoms with van der Waals surface area (Å²) in [5, 5.41) is 0.568. The van der Waals surface area contributed by atoms with Gasteiger partial charge in [-0.1, -0.05) is 23.8 Å². The predicted molar refractivity (Wildman–Crippen MR) is 96.0 cm³/mol. The maximum Gasteiger partial charge on any atom is 0.235 e. The molecular weight excluding hydrogens is 352 g/mol. The highest BCUT2D eigenvalue weighted by atomic mass is 35.5. The lowest BCUT2D eigenvalue weighted by Gasteiger charge is -2.37. The summed E-state index contributed by atoms with van der Waals surface area (Å²) in [6, 6.07) is 6.83. The molecule has 0 unspecified atom stereocenters. The van der Waals surface area contributed by atoms with Crippen molar-refractivity contribution < 1.29 is 14.4 Å². The third-order valence-electron chi connectivity index (χ3n) is 6.56. The molecule has 6 rings (SSSR count). The van der Waals surface area contributed by atoms with Gasteiger partial charge >= 0.3 is 0 Å². The fraction of sp³-hybridized carbons (Fsp3) is 0.450. The van der Waals surface area contributed by atoms with Crippen molar-refractivity contribution >= 4 is 35.0 Å². The molecule has 1 aromatic rings. The zero-order valence-electron chi connectivity index (χ0n) is 14.3. The van der Waals surface area contributed by atoms with E-state index < -0.39 is 0 Å². The van der Waals surface area contributed by atoms with Crippen LogP contribution in [0.3, 0.4) is 0 Å². The summed E-state index contributed by atoms with van der Waals surface area (Å²) in [5.74, 6) is 0.601. The van der Waals surface area contributed by atoms with E-state index >= 15 is 0 Å². The molecule has 134 valence electrons. The van der Waals surface area contributed by atoms with Crippen LogP contribution in [-0.4, -0.2) is 29.3 Å². The van der Waals surface area contributed by atoms with Crippen LogP contribution in [0.4, 0.5) is 5.69 Å². The number of hydrogen-bond acceptors (Lipinski definition) is 3. The Morgan fingerprint density at radius 2 is 1.62 bits per heavy atom. The van der Waals surface area contributed by atoms with E-state index in [1.165, 1.54) is 16.7 Å². The monoisotopic (exact) mass is 370 g/mol. The summed E-state index contributed by atoms with van der Waals surface area (Å²) in [7, 11) is 0. The quantitative estimate of drug-likeness (QED) is 0.607. The first-order valence-corrected chi connectivity index (χ1v) is 9.42. The maximum atomic E-state index is 13.1. The van der Waals surface area contributed by atoms with Gasteiger partial charge in [0.15, 0.2) is 0 Å². The Balaban J connectivity index is 1.44. The van der Waals surface area contributed by atoms with Crippen LogP contribution in [-0.2, 0) is 14.4 Å². The lowest BCUT2D eigenvalue weighted by atomic mass is 9.63. The van der Waals surface area contributed by atoms with Gasteiger partial charge < -0.3 is 0 Å². The zero-order chi connectivity index (χ0) is 18.2. The van der Waals surface area contributed by atoms with Crippen molar-refractivity contribution in [3.63, 3.8) is 0 Å². The molecule has 0 spiro atoms. The summed E-state index contributed by atoms with van der Waals surface area (Å²) in [5.41, 5.74) is 0.626. The summed E-state index contributed by atoms with van der Waals surface area (Å²) in [4.78, 5) is 41.0. The average molecular weight is 371 g/mol. The fourth-order valence-corrected chi connectivity index (χ4v) is 5.41. The Bertz CT molecular complexity index is 813. The molecule has 6 atom stereocenters. The topological polar surface area (TPSA) is 57.7 Å². The van der Waals surface area contributed by atoms with Crippen molar-refractivity contribution in [2.75, 3.05) is 11.6 Å². The van der Waals surface area contributed by atoms with Crippen LogP contribution in [0.2, 0.25) is 5.02 Å². The lowest BCUT2D eigenvalue weighted by Crippen LogP contribution is -2.44. The third kappa shape index (κ3) is 2.13. The van der Waals surface area contributed by atoms with Gasteiger partial charge in [0.2, 0.25) is 17.7 Å². The number of likely N-dealkylation sites (tertiary alicyclic amines) is 1. The smallest absolute Gasteiger partial charge is 0.235 e. The fourth-order valence-electron chi connectivity index (χ4n) is 5.28. The molecule has 5 aliphatic rings.